The summed E-state index contributed by atoms with van der Waals surface area (Å²) in [6.45, 7) is 7.45. The molecule has 22 heavy (non-hydrogen) atoms. The number of esters is 1. The molecule has 0 unspecified atom stereocenters. The fraction of sp³-hybridized carbons (Fsp3) is 0.647. The Morgan fingerprint density at radius 3 is 2.77 bits per heavy atom. The molecular weight excluding hydrogens is 280 g/mol. The summed E-state index contributed by atoms with van der Waals surface area (Å²) in [4.78, 5) is 24.9. The first-order valence-corrected chi connectivity index (χ1v) is 8.01. The van der Waals surface area contributed by atoms with E-state index in [0.29, 0.717) is 25.6 Å². The lowest BCUT2D eigenvalue weighted by atomic mass is 9.86. The molecule has 5 nitrogen and oxygen atoms in total. The molecule has 0 aromatic carbocycles. The molecule has 2 amide bonds. The first-order valence-electron chi connectivity index (χ1n) is 8.01. The van der Waals surface area contributed by atoms with Gasteiger partial charge < -0.3 is 15.4 Å². The molecule has 0 bridgehead atoms. The molecular formula is C17H26N2O3. The summed E-state index contributed by atoms with van der Waals surface area (Å²) >= 11 is 0. The number of nitrogens with zero attached hydrogens (tertiary/aromatic N) is 1. The molecule has 0 saturated carbocycles. The van der Waals surface area contributed by atoms with E-state index in [1.165, 1.54) is 16.0 Å². The quantitative estimate of drug-likeness (QED) is 0.641. The molecule has 0 radical (unpaired) electrons. The number of amides is 2. The molecule has 0 spiro atoms. The summed E-state index contributed by atoms with van der Waals surface area (Å²) in [6, 6.07) is -0.460. The minimum absolute atomic E-state index is 0.214. The molecule has 122 valence electrons. The van der Waals surface area contributed by atoms with Crippen LogP contribution in [0.1, 0.15) is 39.0 Å². The van der Waals surface area contributed by atoms with Crippen LogP contribution in [-0.2, 0) is 9.53 Å². The Morgan fingerprint density at radius 1 is 1.41 bits per heavy atom. The van der Waals surface area contributed by atoms with Gasteiger partial charge in [0.25, 0.3) is 0 Å². The van der Waals surface area contributed by atoms with Crippen LogP contribution in [0.2, 0.25) is 0 Å². The number of carbonyl (C=O) groups is 2. The first kappa shape index (κ1) is 16.6. The third-order valence-electron chi connectivity index (χ3n) is 4.67. The normalized spacial score (nSPS) is 25.3. The molecule has 1 fully saturated rings. The van der Waals surface area contributed by atoms with Gasteiger partial charge in [0.1, 0.15) is 6.61 Å². The number of primary amides is 1. The van der Waals surface area contributed by atoms with E-state index in [2.05, 4.69) is 19.6 Å². The van der Waals surface area contributed by atoms with E-state index in [-0.39, 0.29) is 11.9 Å². The largest absolute Gasteiger partial charge is 0.461 e. The average Bonchev–Trinajstić information content (AvgIpc) is 2.53. The van der Waals surface area contributed by atoms with E-state index in [0.717, 1.165) is 32.1 Å². The molecule has 1 aliphatic heterocycles. The van der Waals surface area contributed by atoms with Gasteiger partial charge in [0.05, 0.1) is 5.92 Å². The molecule has 2 atom stereocenters. The molecule has 1 saturated heterocycles. The number of rotatable bonds is 4. The van der Waals surface area contributed by atoms with Gasteiger partial charge in [-0.15, -0.1) is 0 Å². The van der Waals surface area contributed by atoms with Crippen LogP contribution < -0.4 is 5.73 Å². The Morgan fingerprint density at radius 2 is 2.18 bits per heavy atom. The number of urea groups is 1. The van der Waals surface area contributed by atoms with E-state index in [1.54, 1.807) is 0 Å². The predicted octanol–water partition coefficient (Wildman–Crippen LogP) is 2.62. The summed E-state index contributed by atoms with van der Waals surface area (Å²) in [5, 5.41) is 0. The molecule has 2 rings (SSSR count). The highest BCUT2D eigenvalue weighted by atomic mass is 16.5. The number of likely N-dealkylation sites (tertiary alicyclic amines) is 1. The molecule has 5 heteroatoms. The lowest BCUT2D eigenvalue weighted by Crippen LogP contribution is -2.45. The Bertz CT molecular complexity index is 484. The summed E-state index contributed by atoms with van der Waals surface area (Å²) in [7, 11) is 0. The van der Waals surface area contributed by atoms with Gasteiger partial charge in [0.15, 0.2) is 0 Å². The van der Waals surface area contributed by atoms with Gasteiger partial charge >= 0.3 is 12.0 Å². The molecule has 2 N–H and O–H groups in total. The maximum absolute atomic E-state index is 12.1. The highest BCUT2D eigenvalue weighted by Crippen LogP contribution is 2.28. The minimum atomic E-state index is -0.460. The van der Waals surface area contributed by atoms with Gasteiger partial charge in [-0.25, -0.2) is 4.79 Å². The maximum Gasteiger partial charge on any atom is 0.314 e. The van der Waals surface area contributed by atoms with Crippen LogP contribution in [0.3, 0.4) is 0 Å². The van der Waals surface area contributed by atoms with Crippen molar-refractivity contribution in [2.75, 3.05) is 19.7 Å². The molecule has 0 aromatic rings. The number of carbonyl (C=O) groups excluding carboxylic acids is 2. The predicted molar refractivity (Wildman–Crippen MR) is 85.1 cm³/mol. The van der Waals surface area contributed by atoms with Crippen molar-refractivity contribution in [3.8, 4) is 0 Å². The molecule has 0 aromatic heterocycles. The highest BCUT2D eigenvalue weighted by Gasteiger charge is 2.28. The third-order valence-corrected chi connectivity index (χ3v) is 4.67. The average molecular weight is 306 g/mol. The molecule has 2 aliphatic rings. The van der Waals surface area contributed by atoms with Crippen molar-refractivity contribution in [1.82, 2.24) is 4.90 Å². The van der Waals surface area contributed by atoms with E-state index in [4.69, 9.17) is 10.5 Å². The second-order valence-electron chi connectivity index (χ2n) is 6.41. The Labute approximate surface area is 132 Å². The summed E-state index contributed by atoms with van der Waals surface area (Å²) < 4.78 is 5.44. The van der Waals surface area contributed by atoms with Crippen LogP contribution in [-0.4, -0.2) is 36.6 Å². The van der Waals surface area contributed by atoms with Gasteiger partial charge in [0.2, 0.25) is 0 Å². The number of piperidine rings is 1. The minimum Gasteiger partial charge on any atom is -0.461 e. The molecule has 1 aliphatic carbocycles. The van der Waals surface area contributed by atoms with Crippen molar-refractivity contribution < 1.29 is 14.3 Å². The van der Waals surface area contributed by atoms with Crippen LogP contribution >= 0.6 is 0 Å². The molecule has 1 heterocycles. The SMILES string of the molecule is C=C(C)[C@@H]1CC=C(COC(=O)[C@H]2CCCN(C(N)=O)C2)CC1. The topological polar surface area (TPSA) is 72.6 Å². The van der Waals surface area contributed by atoms with Gasteiger partial charge in [-0.2, -0.15) is 0 Å². The lowest BCUT2D eigenvalue weighted by molar-refractivity contribution is -0.149. The van der Waals surface area contributed by atoms with Crippen molar-refractivity contribution in [2.24, 2.45) is 17.6 Å². The fourth-order valence-electron chi connectivity index (χ4n) is 3.12. The Hall–Kier alpha value is -1.78. The van der Waals surface area contributed by atoms with Crippen LogP contribution in [0.15, 0.2) is 23.8 Å². The lowest BCUT2D eigenvalue weighted by Gasteiger charge is -2.30. The van der Waals surface area contributed by atoms with Gasteiger partial charge in [-0.3, -0.25) is 4.79 Å². The zero-order chi connectivity index (χ0) is 16.1. The number of nitrogens with two attached hydrogens (primary N) is 1. The van der Waals surface area contributed by atoms with Gasteiger partial charge in [0, 0.05) is 13.1 Å². The van der Waals surface area contributed by atoms with E-state index in [9.17, 15) is 9.59 Å². The van der Waals surface area contributed by atoms with Crippen molar-refractivity contribution in [3.63, 3.8) is 0 Å². The van der Waals surface area contributed by atoms with Crippen LogP contribution in [0, 0.1) is 11.8 Å². The van der Waals surface area contributed by atoms with E-state index >= 15 is 0 Å². The monoisotopic (exact) mass is 306 g/mol. The maximum atomic E-state index is 12.1. The van der Waals surface area contributed by atoms with Crippen molar-refractivity contribution in [3.05, 3.63) is 23.8 Å². The van der Waals surface area contributed by atoms with Crippen LogP contribution in [0.25, 0.3) is 0 Å². The third kappa shape index (κ3) is 4.36. The second kappa shape index (κ2) is 7.47. The summed E-state index contributed by atoms with van der Waals surface area (Å²) in [5.74, 6) is 0.101. The Kier molecular flexibility index (Phi) is 5.63. The second-order valence-corrected chi connectivity index (χ2v) is 6.41. The Balaban J connectivity index is 1.78. The summed E-state index contributed by atoms with van der Waals surface area (Å²) in [6.07, 6.45) is 6.76. The zero-order valence-electron chi connectivity index (χ0n) is 13.3. The first-order chi connectivity index (χ1) is 10.5. The fourth-order valence-corrected chi connectivity index (χ4v) is 3.12. The van der Waals surface area contributed by atoms with Gasteiger partial charge in [-0.05, 0) is 50.5 Å². The summed E-state index contributed by atoms with van der Waals surface area (Å²) in [5.41, 5.74) is 7.69. The smallest absolute Gasteiger partial charge is 0.314 e. The van der Waals surface area contributed by atoms with Crippen molar-refractivity contribution in [2.45, 2.75) is 39.0 Å². The van der Waals surface area contributed by atoms with E-state index in [1.807, 2.05) is 0 Å². The highest BCUT2D eigenvalue weighted by molar-refractivity contribution is 5.76. The number of hydrogen-bond donors (Lipinski definition) is 1. The van der Waals surface area contributed by atoms with Gasteiger partial charge in [-0.1, -0.05) is 18.2 Å². The number of allylic oxidation sites excluding steroid dienone is 2. The number of hydrogen-bond acceptors (Lipinski definition) is 3. The van der Waals surface area contributed by atoms with E-state index < -0.39 is 6.03 Å². The van der Waals surface area contributed by atoms with Crippen molar-refractivity contribution >= 4 is 12.0 Å². The van der Waals surface area contributed by atoms with Crippen LogP contribution in [0.4, 0.5) is 4.79 Å². The number of ether oxygens (including phenoxy) is 1. The van der Waals surface area contributed by atoms with Crippen molar-refractivity contribution in [1.29, 1.82) is 0 Å². The van der Waals surface area contributed by atoms with Crippen LogP contribution in [0.5, 0.6) is 0 Å². The standard InChI is InChI=1S/C17H26N2O3/c1-12(2)14-7-5-13(6-8-14)11-22-16(20)15-4-3-9-19(10-15)17(18)21/h5,14-15H,1,3-4,6-11H2,2H3,(H2,18,21)/t14-,15+/m1/s1. The zero-order valence-corrected chi connectivity index (χ0v) is 13.3.